The van der Waals surface area contributed by atoms with Crippen LogP contribution in [0.15, 0.2) is 0 Å². The summed E-state index contributed by atoms with van der Waals surface area (Å²) in [5.41, 5.74) is 10.6. The van der Waals surface area contributed by atoms with Crippen LogP contribution < -0.4 is 22.1 Å². The second kappa shape index (κ2) is 11.4. The van der Waals surface area contributed by atoms with Gasteiger partial charge in [-0.15, -0.1) is 0 Å². The molecule has 13 heteroatoms. The number of carboxylic acid groups (broad SMARTS) is 1. The lowest BCUT2D eigenvalue weighted by Crippen LogP contribution is -2.59. The summed E-state index contributed by atoms with van der Waals surface area (Å²) < 4.78 is 0. The van der Waals surface area contributed by atoms with Crippen molar-refractivity contribution in [2.75, 3.05) is 13.2 Å². The molecule has 30 heavy (non-hydrogen) atoms. The van der Waals surface area contributed by atoms with Gasteiger partial charge in [-0.3, -0.25) is 19.2 Å². The molecule has 170 valence electrons. The molecule has 1 rings (SSSR count). The molecule has 1 heterocycles. The van der Waals surface area contributed by atoms with Gasteiger partial charge in [-0.25, -0.2) is 4.79 Å². The number of nitrogens with zero attached hydrogens (tertiary/aromatic N) is 1. The van der Waals surface area contributed by atoms with Gasteiger partial charge in [-0.2, -0.15) is 0 Å². The first kappa shape index (κ1) is 25.3. The number of nitrogens with two attached hydrogens (primary N) is 2. The Morgan fingerprint density at radius 1 is 1.13 bits per heavy atom. The number of likely N-dealkylation sites (tertiary alicyclic amines) is 1. The molecule has 0 saturated carbocycles. The van der Waals surface area contributed by atoms with Crippen molar-refractivity contribution in [2.45, 2.75) is 62.9 Å². The van der Waals surface area contributed by atoms with Crippen LogP contribution in [0.5, 0.6) is 0 Å². The number of nitrogens with one attached hydrogen (secondary N) is 2. The van der Waals surface area contributed by atoms with E-state index >= 15 is 0 Å². The topological polar surface area (TPSA) is 225 Å². The Morgan fingerprint density at radius 2 is 1.73 bits per heavy atom. The van der Waals surface area contributed by atoms with Crippen LogP contribution in [0.1, 0.15) is 32.6 Å². The fraction of sp³-hybridized carbons (Fsp3) is 0.706. The van der Waals surface area contributed by atoms with Crippen molar-refractivity contribution in [2.24, 2.45) is 11.5 Å². The Hall–Kier alpha value is -2.77. The smallest absolute Gasteiger partial charge is 0.326 e. The molecular weight excluding hydrogens is 402 g/mol. The number of aliphatic carboxylic acids is 1. The lowest BCUT2D eigenvalue weighted by Gasteiger charge is -2.28. The highest BCUT2D eigenvalue weighted by Crippen LogP contribution is 2.18. The third-order valence-corrected chi connectivity index (χ3v) is 4.75. The number of carboxylic acids is 1. The van der Waals surface area contributed by atoms with Crippen LogP contribution in [0.2, 0.25) is 0 Å². The maximum Gasteiger partial charge on any atom is 0.326 e. The van der Waals surface area contributed by atoms with Crippen molar-refractivity contribution in [1.29, 1.82) is 0 Å². The zero-order chi connectivity index (χ0) is 23.0. The summed E-state index contributed by atoms with van der Waals surface area (Å²) in [6.45, 7) is 0.627. The number of amides is 4. The highest BCUT2D eigenvalue weighted by atomic mass is 16.4. The zero-order valence-electron chi connectivity index (χ0n) is 16.6. The van der Waals surface area contributed by atoms with Crippen LogP contribution in [0.3, 0.4) is 0 Å². The first-order valence-electron chi connectivity index (χ1n) is 9.46. The van der Waals surface area contributed by atoms with E-state index in [1.54, 1.807) is 0 Å². The highest BCUT2D eigenvalue weighted by Gasteiger charge is 2.38. The van der Waals surface area contributed by atoms with Gasteiger partial charge in [0, 0.05) is 13.0 Å². The van der Waals surface area contributed by atoms with Crippen LogP contribution in [0.4, 0.5) is 0 Å². The summed E-state index contributed by atoms with van der Waals surface area (Å²) >= 11 is 0. The number of rotatable bonds is 11. The minimum Gasteiger partial charge on any atom is -0.480 e. The van der Waals surface area contributed by atoms with Gasteiger partial charge in [0.2, 0.25) is 23.6 Å². The molecule has 9 N–H and O–H groups in total. The van der Waals surface area contributed by atoms with Crippen molar-refractivity contribution in [1.82, 2.24) is 15.5 Å². The fourth-order valence-corrected chi connectivity index (χ4v) is 2.99. The predicted molar refractivity (Wildman–Crippen MR) is 101 cm³/mol. The van der Waals surface area contributed by atoms with Gasteiger partial charge in [-0.05, 0) is 26.2 Å². The van der Waals surface area contributed by atoms with Crippen LogP contribution in [0.25, 0.3) is 0 Å². The molecule has 13 nitrogen and oxygen atoms in total. The first-order chi connectivity index (χ1) is 14.0. The Morgan fingerprint density at radius 3 is 2.23 bits per heavy atom. The Bertz CT molecular complexity index is 671. The second-order valence-corrected chi connectivity index (χ2v) is 7.10. The van der Waals surface area contributed by atoms with Crippen molar-refractivity contribution >= 4 is 29.6 Å². The van der Waals surface area contributed by atoms with Gasteiger partial charge in [0.15, 0.2) is 0 Å². The van der Waals surface area contributed by atoms with Gasteiger partial charge < -0.3 is 42.3 Å². The molecule has 1 saturated heterocycles. The lowest BCUT2D eigenvalue weighted by atomic mass is 10.1. The van der Waals surface area contributed by atoms with Gasteiger partial charge in [0.25, 0.3) is 0 Å². The Labute approximate surface area is 172 Å². The first-order valence-corrected chi connectivity index (χ1v) is 9.46. The molecular formula is C17H29N5O8. The number of hydrogen-bond donors (Lipinski definition) is 7. The van der Waals surface area contributed by atoms with E-state index in [0.717, 1.165) is 4.90 Å². The summed E-state index contributed by atoms with van der Waals surface area (Å²) in [6, 6.07) is -5.18. The maximum absolute atomic E-state index is 12.6. The third-order valence-electron chi connectivity index (χ3n) is 4.75. The lowest BCUT2D eigenvalue weighted by molar-refractivity contribution is -0.150. The number of aliphatic hydroxyl groups is 2. The zero-order valence-corrected chi connectivity index (χ0v) is 16.6. The van der Waals surface area contributed by atoms with E-state index in [1.807, 2.05) is 0 Å². The number of carbonyl (C=O) groups is 5. The monoisotopic (exact) mass is 431 g/mol. The number of carbonyl (C=O) groups excluding carboxylic acids is 4. The van der Waals surface area contributed by atoms with Crippen LogP contribution in [-0.4, -0.2) is 93.2 Å². The van der Waals surface area contributed by atoms with E-state index in [2.05, 4.69) is 10.6 Å². The van der Waals surface area contributed by atoms with Crippen LogP contribution in [0, 0.1) is 0 Å². The predicted octanol–water partition coefficient (Wildman–Crippen LogP) is -4.00. The third kappa shape index (κ3) is 6.93. The van der Waals surface area contributed by atoms with Crippen LogP contribution >= 0.6 is 0 Å². The van der Waals surface area contributed by atoms with E-state index in [1.165, 1.54) is 6.92 Å². The molecule has 0 unspecified atom stereocenters. The average molecular weight is 431 g/mol. The Balaban J connectivity index is 2.90. The SMILES string of the molecule is C[C@@H](O)[C@H](N)C(=O)N[C@@H](CCC(N)=O)C(=O)N[C@@H](CO)C(=O)N1CCC[C@H]1C(=O)O. The number of aliphatic hydroxyl groups excluding tert-OH is 2. The molecule has 4 amide bonds. The fourth-order valence-electron chi connectivity index (χ4n) is 2.99. The molecule has 1 aliphatic heterocycles. The van der Waals surface area contributed by atoms with Crippen molar-refractivity contribution in [3.05, 3.63) is 0 Å². The van der Waals surface area contributed by atoms with E-state index in [0.29, 0.717) is 6.42 Å². The second-order valence-electron chi connectivity index (χ2n) is 7.10. The molecule has 0 aromatic rings. The molecule has 1 fully saturated rings. The summed E-state index contributed by atoms with van der Waals surface area (Å²) in [6.07, 6.45) is -0.981. The number of hydrogen-bond acceptors (Lipinski definition) is 8. The van der Waals surface area contributed by atoms with Gasteiger partial charge in [0.1, 0.15) is 24.2 Å². The van der Waals surface area contributed by atoms with Gasteiger partial charge >= 0.3 is 5.97 Å². The maximum atomic E-state index is 12.6. The van der Waals surface area contributed by atoms with Crippen molar-refractivity contribution in [3.8, 4) is 0 Å². The van der Waals surface area contributed by atoms with Gasteiger partial charge in [-0.1, -0.05) is 0 Å². The van der Waals surface area contributed by atoms with Crippen molar-refractivity contribution < 1.29 is 39.3 Å². The minimum absolute atomic E-state index is 0.160. The molecule has 0 radical (unpaired) electrons. The quantitative estimate of drug-likeness (QED) is 0.169. The highest BCUT2D eigenvalue weighted by molar-refractivity contribution is 5.94. The summed E-state index contributed by atoms with van der Waals surface area (Å²) in [5, 5.41) is 32.7. The summed E-state index contributed by atoms with van der Waals surface area (Å²) in [4.78, 5) is 60.7. The molecule has 5 atom stereocenters. The molecule has 1 aliphatic rings. The van der Waals surface area contributed by atoms with E-state index in [4.69, 9.17) is 11.5 Å². The minimum atomic E-state index is -1.45. The number of primary amides is 1. The molecule has 0 aliphatic carbocycles. The molecule has 0 spiro atoms. The van der Waals surface area contributed by atoms with E-state index in [-0.39, 0.29) is 25.8 Å². The molecule has 0 aromatic carbocycles. The van der Waals surface area contributed by atoms with Crippen LogP contribution in [-0.2, 0) is 24.0 Å². The van der Waals surface area contributed by atoms with E-state index < -0.39 is 66.5 Å². The normalized spacial score (nSPS) is 20.0. The largest absolute Gasteiger partial charge is 0.480 e. The van der Waals surface area contributed by atoms with Gasteiger partial charge in [0.05, 0.1) is 12.7 Å². The van der Waals surface area contributed by atoms with Crippen molar-refractivity contribution in [3.63, 3.8) is 0 Å². The standard InChI is InChI=1S/C17H29N5O8/c1-8(24)13(19)15(27)20-9(4-5-12(18)25)14(26)21-10(7-23)16(28)22-6-2-3-11(22)17(29)30/h8-11,13,23-24H,2-7,19H2,1H3,(H2,18,25)(H,20,27)(H,21,26)(H,29,30)/t8-,9+,10+,11+,13+/m1/s1. The summed E-state index contributed by atoms with van der Waals surface area (Å²) in [7, 11) is 0. The Kier molecular flexibility index (Phi) is 9.62. The summed E-state index contributed by atoms with van der Waals surface area (Å²) in [5.74, 6) is -4.48. The van der Waals surface area contributed by atoms with E-state index in [9.17, 15) is 39.3 Å². The average Bonchev–Trinajstić information content (AvgIpc) is 3.17. The molecule has 0 bridgehead atoms. The molecule has 0 aromatic heterocycles.